The molecule has 162 valence electrons. The summed E-state index contributed by atoms with van der Waals surface area (Å²) in [6.45, 7) is 6.62. The molecule has 3 rings (SSSR count). The first-order valence-electron chi connectivity index (χ1n) is 9.94. The zero-order valence-electron chi connectivity index (χ0n) is 17.4. The van der Waals surface area contributed by atoms with E-state index in [0.29, 0.717) is 23.7 Å². The summed E-state index contributed by atoms with van der Waals surface area (Å²) in [4.78, 5) is 26.2. The van der Waals surface area contributed by atoms with E-state index in [1.165, 1.54) is 27.8 Å². The first-order chi connectivity index (χ1) is 14.3. The summed E-state index contributed by atoms with van der Waals surface area (Å²) in [6.07, 6.45) is 2.71. The Kier molecular flexibility index (Phi) is 6.95. The fourth-order valence-electron chi connectivity index (χ4n) is 3.39. The molecule has 7 nitrogen and oxygen atoms in total. The van der Waals surface area contributed by atoms with Gasteiger partial charge in [-0.2, -0.15) is 4.31 Å². The van der Waals surface area contributed by atoms with Crippen LogP contribution in [0.3, 0.4) is 0 Å². The number of piperidine rings is 1. The van der Waals surface area contributed by atoms with Crippen molar-refractivity contribution in [2.75, 3.05) is 25.0 Å². The maximum atomic E-state index is 12.9. The van der Waals surface area contributed by atoms with Gasteiger partial charge in [0, 0.05) is 23.5 Å². The van der Waals surface area contributed by atoms with Gasteiger partial charge >= 0.3 is 5.97 Å². The maximum absolute atomic E-state index is 12.9. The van der Waals surface area contributed by atoms with Crippen molar-refractivity contribution in [1.82, 2.24) is 4.31 Å². The minimum Gasteiger partial charge on any atom is -0.462 e. The highest BCUT2D eigenvalue weighted by molar-refractivity contribution is 7.89. The molecule has 0 bridgehead atoms. The van der Waals surface area contributed by atoms with Crippen molar-refractivity contribution >= 4 is 38.2 Å². The summed E-state index contributed by atoms with van der Waals surface area (Å²) in [6, 6.07) is 6.01. The second-order valence-corrected chi connectivity index (χ2v) is 10.3. The number of hydrogen-bond donors (Lipinski definition) is 1. The summed E-state index contributed by atoms with van der Waals surface area (Å²) in [5, 5.41) is 3.16. The second kappa shape index (κ2) is 9.28. The van der Waals surface area contributed by atoms with E-state index in [2.05, 4.69) is 5.32 Å². The van der Waals surface area contributed by atoms with E-state index in [1.807, 2.05) is 6.92 Å². The minimum atomic E-state index is -3.64. The van der Waals surface area contributed by atoms with Gasteiger partial charge in [0.15, 0.2) is 0 Å². The normalized spacial score (nSPS) is 15.0. The molecule has 1 saturated heterocycles. The number of esters is 1. The Morgan fingerprint density at radius 2 is 1.87 bits per heavy atom. The predicted molar refractivity (Wildman–Crippen MR) is 117 cm³/mol. The lowest BCUT2D eigenvalue weighted by Crippen LogP contribution is -2.35. The van der Waals surface area contributed by atoms with Gasteiger partial charge in [-0.3, -0.25) is 4.79 Å². The maximum Gasteiger partial charge on any atom is 0.341 e. The van der Waals surface area contributed by atoms with Crippen LogP contribution in [0.4, 0.5) is 5.00 Å². The Morgan fingerprint density at radius 3 is 2.53 bits per heavy atom. The molecule has 2 heterocycles. The molecule has 1 amide bonds. The van der Waals surface area contributed by atoms with E-state index in [4.69, 9.17) is 4.74 Å². The van der Waals surface area contributed by atoms with Crippen LogP contribution < -0.4 is 5.32 Å². The zero-order valence-corrected chi connectivity index (χ0v) is 19.0. The van der Waals surface area contributed by atoms with Gasteiger partial charge in [0.25, 0.3) is 5.91 Å². The number of carbonyl (C=O) groups excluding carboxylic acids is 2. The highest BCUT2D eigenvalue weighted by atomic mass is 32.2. The summed E-state index contributed by atoms with van der Waals surface area (Å²) >= 11 is 1.29. The molecule has 0 unspecified atom stereocenters. The van der Waals surface area contributed by atoms with E-state index in [1.54, 1.807) is 26.0 Å². The molecule has 0 atom stereocenters. The molecular formula is C21H26N2O5S2. The van der Waals surface area contributed by atoms with Gasteiger partial charge in [-0.15, -0.1) is 11.3 Å². The third kappa shape index (κ3) is 4.58. The molecule has 0 spiro atoms. The van der Waals surface area contributed by atoms with E-state index in [9.17, 15) is 18.0 Å². The largest absolute Gasteiger partial charge is 0.462 e. The zero-order chi connectivity index (χ0) is 21.9. The van der Waals surface area contributed by atoms with Crippen molar-refractivity contribution < 1.29 is 22.7 Å². The highest BCUT2D eigenvalue weighted by Gasteiger charge is 2.27. The molecule has 1 aliphatic heterocycles. The SMILES string of the molecule is CCOC(=O)c1c(NC(=O)c2cccc(S(=O)(=O)N3CCCCC3)c2)sc(C)c1C. The monoisotopic (exact) mass is 450 g/mol. The number of nitrogens with zero attached hydrogens (tertiary/aromatic N) is 1. The number of amides is 1. The van der Waals surface area contributed by atoms with Crippen LogP contribution in [0.2, 0.25) is 0 Å². The van der Waals surface area contributed by atoms with Crippen LogP contribution in [0.25, 0.3) is 0 Å². The van der Waals surface area contributed by atoms with Gasteiger partial charge in [-0.1, -0.05) is 12.5 Å². The molecule has 1 aliphatic rings. The molecule has 0 aliphatic carbocycles. The number of thiophene rings is 1. The highest BCUT2D eigenvalue weighted by Crippen LogP contribution is 2.33. The van der Waals surface area contributed by atoms with Crippen molar-refractivity contribution in [2.24, 2.45) is 0 Å². The van der Waals surface area contributed by atoms with Gasteiger partial charge in [0.2, 0.25) is 10.0 Å². The van der Waals surface area contributed by atoms with Gasteiger partial charge in [-0.25, -0.2) is 13.2 Å². The molecule has 1 N–H and O–H groups in total. The summed E-state index contributed by atoms with van der Waals surface area (Å²) < 4.78 is 32.4. The van der Waals surface area contributed by atoms with E-state index in [-0.39, 0.29) is 17.1 Å². The van der Waals surface area contributed by atoms with E-state index < -0.39 is 21.9 Å². The van der Waals surface area contributed by atoms with Crippen molar-refractivity contribution in [3.63, 3.8) is 0 Å². The van der Waals surface area contributed by atoms with Crippen molar-refractivity contribution in [3.05, 3.63) is 45.8 Å². The molecule has 1 fully saturated rings. The fourth-order valence-corrected chi connectivity index (χ4v) is 6.00. The first-order valence-corrected chi connectivity index (χ1v) is 12.2. The second-order valence-electron chi connectivity index (χ2n) is 7.15. The molecule has 2 aromatic rings. The lowest BCUT2D eigenvalue weighted by atomic mass is 10.1. The molecule has 30 heavy (non-hydrogen) atoms. The number of hydrogen-bond acceptors (Lipinski definition) is 6. The summed E-state index contributed by atoms with van der Waals surface area (Å²) in [5.74, 6) is -0.964. The third-order valence-electron chi connectivity index (χ3n) is 5.14. The van der Waals surface area contributed by atoms with Crippen molar-refractivity contribution in [1.29, 1.82) is 0 Å². The van der Waals surface area contributed by atoms with Crippen LogP contribution in [-0.2, 0) is 14.8 Å². The quantitative estimate of drug-likeness (QED) is 0.672. The number of anilines is 1. The fraction of sp³-hybridized carbons (Fsp3) is 0.429. The molecule has 1 aromatic carbocycles. The van der Waals surface area contributed by atoms with Gasteiger partial charge in [0.05, 0.1) is 17.1 Å². The molecular weight excluding hydrogens is 424 g/mol. The van der Waals surface area contributed by atoms with Crippen LogP contribution in [0.15, 0.2) is 29.2 Å². The lowest BCUT2D eigenvalue weighted by Gasteiger charge is -2.26. The number of rotatable bonds is 6. The Morgan fingerprint density at radius 1 is 1.17 bits per heavy atom. The summed E-state index contributed by atoms with van der Waals surface area (Å²) in [7, 11) is -3.64. The van der Waals surface area contributed by atoms with Crippen LogP contribution in [0, 0.1) is 13.8 Å². The van der Waals surface area contributed by atoms with Gasteiger partial charge < -0.3 is 10.1 Å². The number of nitrogens with one attached hydrogen (secondary N) is 1. The third-order valence-corrected chi connectivity index (χ3v) is 8.16. The van der Waals surface area contributed by atoms with E-state index >= 15 is 0 Å². The Hall–Kier alpha value is -2.23. The Labute approximate surface area is 181 Å². The number of ether oxygens (including phenoxy) is 1. The number of sulfonamides is 1. The lowest BCUT2D eigenvalue weighted by molar-refractivity contribution is 0.0527. The minimum absolute atomic E-state index is 0.0983. The van der Waals surface area contributed by atoms with E-state index in [0.717, 1.165) is 29.7 Å². The molecule has 1 aromatic heterocycles. The van der Waals surface area contributed by atoms with Crippen molar-refractivity contribution in [3.8, 4) is 0 Å². The molecule has 0 radical (unpaired) electrons. The first kappa shape index (κ1) is 22.5. The Bertz CT molecular complexity index is 1050. The van der Waals surface area contributed by atoms with Gasteiger partial charge in [0.1, 0.15) is 5.00 Å². The summed E-state index contributed by atoms with van der Waals surface area (Å²) in [5.41, 5.74) is 1.31. The van der Waals surface area contributed by atoms with Crippen LogP contribution in [0.5, 0.6) is 0 Å². The topological polar surface area (TPSA) is 92.8 Å². The molecule has 9 heteroatoms. The molecule has 0 saturated carbocycles. The number of benzene rings is 1. The average Bonchev–Trinajstić information content (AvgIpc) is 3.02. The number of aryl methyl sites for hydroxylation is 1. The van der Waals surface area contributed by atoms with Crippen molar-refractivity contribution in [2.45, 2.75) is 44.9 Å². The standard InChI is InChI=1S/C21H26N2O5S2/c1-4-28-21(25)18-14(2)15(3)29-20(18)22-19(24)16-9-8-10-17(13-16)30(26,27)23-11-6-5-7-12-23/h8-10,13H,4-7,11-12H2,1-3H3,(H,22,24). The average molecular weight is 451 g/mol. The van der Waals surface area contributed by atoms with Crippen LogP contribution in [0.1, 0.15) is 57.3 Å². The number of carbonyl (C=O) groups is 2. The van der Waals surface area contributed by atoms with Gasteiger partial charge in [-0.05, 0) is 57.4 Å². The van der Waals surface area contributed by atoms with Crippen LogP contribution >= 0.6 is 11.3 Å². The smallest absolute Gasteiger partial charge is 0.341 e. The Balaban J connectivity index is 1.86. The van der Waals surface area contributed by atoms with Crippen LogP contribution in [-0.4, -0.2) is 44.3 Å². The predicted octanol–water partition coefficient (Wildman–Crippen LogP) is 3.97.